The molecule has 106 valence electrons. The Hall–Kier alpha value is -1.21. The van der Waals surface area contributed by atoms with Gasteiger partial charge >= 0.3 is 0 Å². The van der Waals surface area contributed by atoms with Crippen LogP contribution in [0.4, 0.5) is 0 Å². The van der Waals surface area contributed by atoms with Gasteiger partial charge in [0.15, 0.2) is 0 Å². The highest BCUT2D eigenvalue weighted by molar-refractivity contribution is 7.89. The van der Waals surface area contributed by atoms with Crippen molar-refractivity contribution in [2.75, 3.05) is 13.1 Å². The van der Waals surface area contributed by atoms with Crippen LogP contribution in [0.2, 0.25) is 0 Å². The van der Waals surface area contributed by atoms with Gasteiger partial charge in [0.1, 0.15) is 4.90 Å². The molecule has 1 aliphatic heterocycles. The van der Waals surface area contributed by atoms with Gasteiger partial charge in [-0.05, 0) is 26.7 Å². The fraction of sp³-hybridized carbons (Fsp3) is 0.667. The topological polar surface area (TPSA) is 72.3 Å². The van der Waals surface area contributed by atoms with Crippen LogP contribution in [-0.4, -0.2) is 41.5 Å². The standard InChI is InChI=1S/C12H19N3O3S/c1-4-11(16)15-10(3)12(9(2)13-15)19(17,18)14-7-5-6-8-14/h4-8H2,1-3H3. The zero-order valence-electron chi connectivity index (χ0n) is 11.5. The van der Waals surface area contributed by atoms with E-state index < -0.39 is 10.0 Å². The van der Waals surface area contributed by atoms with Gasteiger partial charge in [-0.15, -0.1) is 0 Å². The van der Waals surface area contributed by atoms with Crippen LogP contribution in [0.15, 0.2) is 4.90 Å². The molecule has 0 spiro atoms. The zero-order chi connectivity index (χ0) is 14.2. The molecule has 0 amide bonds. The molecule has 19 heavy (non-hydrogen) atoms. The molecule has 0 N–H and O–H groups in total. The summed E-state index contributed by atoms with van der Waals surface area (Å²) in [5.41, 5.74) is 0.808. The molecule has 7 heteroatoms. The Morgan fingerprint density at radius 2 is 1.84 bits per heavy atom. The fourth-order valence-electron chi connectivity index (χ4n) is 2.45. The normalized spacial score (nSPS) is 17.0. The van der Waals surface area contributed by atoms with E-state index in [0.29, 0.717) is 30.9 Å². The predicted molar refractivity (Wildman–Crippen MR) is 70.6 cm³/mol. The Kier molecular flexibility index (Phi) is 3.78. The van der Waals surface area contributed by atoms with Gasteiger partial charge in [0.05, 0.1) is 11.4 Å². The van der Waals surface area contributed by atoms with E-state index in [9.17, 15) is 13.2 Å². The minimum absolute atomic E-state index is 0.191. The Labute approximate surface area is 113 Å². The summed E-state index contributed by atoms with van der Waals surface area (Å²) < 4.78 is 27.8. The van der Waals surface area contributed by atoms with E-state index in [2.05, 4.69) is 5.10 Å². The van der Waals surface area contributed by atoms with Gasteiger partial charge in [-0.1, -0.05) is 6.92 Å². The third kappa shape index (κ3) is 2.32. The lowest BCUT2D eigenvalue weighted by Crippen LogP contribution is -2.28. The second-order valence-corrected chi connectivity index (χ2v) is 6.65. The molecule has 1 aromatic rings. The summed E-state index contributed by atoms with van der Waals surface area (Å²) in [7, 11) is -3.52. The van der Waals surface area contributed by atoms with Crippen LogP contribution in [0.5, 0.6) is 0 Å². The van der Waals surface area contributed by atoms with E-state index in [1.807, 2.05) is 0 Å². The highest BCUT2D eigenvalue weighted by Gasteiger charge is 2.33. The molecule has 6 nitrogen and oxygen atoms in total. The molecule has 0 unspecified atom stereocenters. The van der Waals surface area contributed by atoms with Crippen molar-refractivity contribution < 1.29 is 13.2 Å². The van der Waals surface area contributed by atoms with E-state index in [1.165, 1.54) is 8.99 Å². The number of sulfonamides is 1. The van der Waals surface area contributed by atoms with Gasteiger partial charge in [0.25, 0.3) is 0 Å². The van der Waals surface area contributed by atoms with Crippen molar-refractivity contribution in [1.82, 2.24) is 14.1 Å². The maximum absolute atomic E-state index is 12.6. The summed E-state index contributed by atoms with van der Waals surface area (Å²) in [6.45, 7) is 6.10. The molecule has 0 atom stereocenters. The number of aryl methyl sites for hydroxylation is 1. The highest BCUT2D eigenvalue weighted by Crippen LogP contribution is 2.26. The average Bonchev–Trinajstić information content (AvgIpc) is 2.97. The molecule has 1 fully saturated rings. The van der Waals surface area contributed by atoms with Gasteiger partial charge in [0, 0.05) is 19.5 Å². The number of aromatic nitrogens is 2. The number of nitrogens with zero attached hydrogens (tertiary/aromatic N) is 3. The third-order valence-electron chi connectivity index (χ3n) is 3.43. The smallest absolute Gasteiger partial charge is 0.246 e. The lowest BCUT2D eigenvalue weighted by atomic mass is 10.4. The van der Waals surface area contributed by atoms with E-state index in [0.717, 1.165) is 12.8 Å². The molecule has 0 aromatic carbocycles. The number of hydrogen-bond donors (Lipinski definition) is 0. The molecule has 1 aliphatic rings. The third-order valence-corrected chi connectivity index (χ3v) is 5.58. The number of rotatable bonds is 3. The van der Waals surface area contributed by atoms with E-state index in [-0.39, 0.29) is 10.8 Å². The quantitative estimate of drug-likeness (QED) is 0.840. The molecule has 1 saturated heterocycles. The highest BCUT2D eigenvalue weighted by atomic mass is 32.2. The van der Waals surface area contributed by atoms with Crippen molar-refractivity contribution >= 4 is 15.9 Å². The maximum Gasteiger partial charge on any atom is 0.246 e. The number of carbonyl (C=O) groups excluding carboxylic acids is 1. The summed E-state index contributed by atoms with van der Waals surface area (Å²) in [4.78, 5) is 11.9. The van der Waals surface area contributed by atoms with E-state index in [4.69, 9.17) is 0 Å². The second kappa shape index (κ2) is 5.05. The molecule has 0 radical (unpaired) electrons. The van der Waals surface area contributed by atoms with Crippen molar-refractivity contribution in [2.45, 2.75) is 44.9 Å². The first kappa shape index (κ1) is 14.2. The molecule has 0 aliphatic carbocycles. The van der Waals surface area contributed by atoms with Crippen molar-refractivity contribution in [3.8, 4) is 0 Å². The SMILES string of the molecule is CCC(=O)n1nc(C)c(S(=O)(=O)N2CCCC2)c1C. The first-order chi connectivity index (χ1) is 8.89. The summed E-state index contributed by atoms with van der Waals surface area (Å²) >= 11 is 0. The molecule has 2 heterocycles. The van der Waals surface area contributed by atoms with Crippen LogP contribution in [0.3, 0.4) is 0 Å². The fourth-order valence-corrected chi connectivity index (χ4v) is 4.32. The Morgan fingerprint density at radius 1 is 1.26 bits per heavy atom. The first-order valence-electron chi connectivity index (χ1n) is 6.49. The first-order valence-corrected chi connectivity index (χ1v) is 7.93. The van der Waals surface area contributed by atoms with Crippen LogP contribution in [-0.2, 0) is 10.0 Å². The van der Waals surface area contributed by atoms with Crippen LogP contribution in [0, 0.1) is 13.8 Å². The number of hydrogen-bond acceptors (Lipinski definition) is 4. The lowest BCUT2D eigenvalue weighted by Gasteiger charge is -2.15. The Bertz CT molecular complexity index is 598. The zero-order valence-corrected chi connectivity index (χ0v) is 12.3. The maximum atomic E-state index is 12.6. The van der Waals surface area contributed by atoms with Gasteiger partial charge in [-0.3, -0.25) is 4.79 Å². The Balaban J connectivity index is 2.51. The number of carbonyl (C=O) groups is 1. The van der Waals surface area contributed by atoms with E-state index >= 15 is 0 Å². The molecule has 0 bridgehead atoms. The van der Waals surface area contributed by atoms with Crippen molar-refractivity contribution in [2.24, 2.45) is 0 Å². The van der Waals surface area contributed by atoms with Crippen LogP contribution in [0.25, 0.3) is 0 Å². The molecular formula is C12H19N3O3S. The Morgan fingerprint density at radius 3 is 2.37 bits per heavy atom. The lowest BCUT2D eigenvalue weighted by molar-refractivity contribution is 0.0890. The van der Waals surface area contributed by atoms with Crippen LogP contribution >= 0.6 is 0 Å². The van der Waals surface area contributed by atoms with Crippen molar-refractivity contribution in [3.63, 3.8) is 0 Å². The summed E-state index contributed by atoms with van der Waals surface area (Å²) in [5.74, 6) is -0.191. The van der Waals surface area contributed by atoms with Gasteiger partial charge in [-0.2, -0.15) is 9.40 Å². The van der Waals surface area contributed by atoms with E-state index in [1.54, 1.807) is 20.8 Å². The molecule has 2 rings (SSSR count). The van der Waals surface area contributed by atoms with Crippen LogP contribution < -0.4 is 0 Å². The summed E-state index contributed by atoms with van der Waals surface area (Å²) in [6, 6.07) is 0. The average molecular weight is 285 g/mol. The van der Waals surface area contributed by atoms with Crippen LogP contribution in [0.1, 0.15) is 42.4 Å². The summed E-state index contributed by atoms with van der Waals surface area (Å²) in [5, 5.41) is 4.08. The predicted octanol–water partition coefficient (Wildman–Crippen LogP) is 1.33. The minimum atomic E-state index is -3.52. The summed E-state index contributed by atoms with van der Waals surface area (Å²) in [6.07, 6.45) is 2.07. The monoisotopic (exact) mass is 285 g/mol. The second-order valence-electron chi connectivity index (χ2n) is 4.77. The molecular weight excluding hydrogens is 266 g/mol. The van der Waals surface area contributed by atoms with Gasteiger partial charge in [-0.25, -0.2) is 13.1 Å². The molecule has 1 aromatic heterocycles. The minimum Gasteiger partial charge on any atom is -0.273 e. The van der Waals surface area contributed by atoms with Gasteiger partial charge < -0.3 is 0 Å². The van der Waals surface area contributed by atoms with Gasteiger partial charge in [0.2, 0.25) is 15.9 Å². The largest absolute Gasteiger partial charge is 0.273 e. The van der Waals surface area contributed by atoms with Crippen molar-refractivity contribution in [3.05, 3.63) is 11.4 Å². The van der Waals surface area contributed by atoms with Crippen molar-refractivity contribution in [1.29, 1.82) is 0 Å². The molecule has 0 saturated carbocycles.